The summed E-state index contributed by atoms with van der Waals surface area (Å²) >= 11 is 0. The molecule has 0 aromatic heterocycles. The molecule has 0 N–H and O–H groups in total. The number of rotatable bonds is 0. The van der Waals surface area contributed by atoms with E-state index in [0.29, 0.717) is 0 Å². The van der Waals surface area contributed by atoms with E-state index in [1.54, 1.807) is 0 Å². The van der Waals surface area contributed by atoms with Gasteiger partial charge in [0.25, 0.3) is 0 Å². The lowest BCUT2D eigenvalue weighted by atomic mass is 9.45. The van der Waals surface area contributed by atoms with E-state index in [4.69, 9.17) is 0 Å². The highest BCUT2D eigenvalue weighted by Gasteiger charge is 2.53. The highest BCUT2D eigenvalue weighted by Crippen LogP contribution is 2.61. The lowest BCUT2D eigenvalue weighted by Crippen LogP contribution is -2.52. The Balaban J connectivity index is 2.18. The zero-order valence-electron chi connectivity index (χ0n) is 7.35. The van der Waals surface area contributed by atoms with E-state index in [1.165, 1.54) is 19.3 Å². The summed E-state index contributed by atoms with van der Waals surface area (Å²) in [5, 5.41) is 0. The van der Waals surface area contributed by atoms with E-state index >= 15 is 0 Å². The molecule has 58 valence electrons. The molecule has 0 nitrogen and oxygen atoms in total. The average molecular weight is 138 g/mol. The fourth-order valence-electron chi connectivity index (χ4n) is 3.10. The minimum atomic E-state index is 0.739. The Kier molecular flexibility index (Phi) is 1.19. The second-order valence-corrected chi connectivity index (χ2v) is 4.74. The first-order valence-electron chi connectivity index (χ1n) is 4.64. The second kappa shape index (κ2) is 1.78. The van der Waals surface area contributed by atoms with E-state index in [0.717, 1.165) is 23.2 Å². The Morgan fingerprint density at radius 2 is 1.90 bits per heavy atom. The predicted octanol–water partition coefficient (Wildman–Crippen LogP) is 3.08. The molecule has 10 heavy (non-hydrogen) atoms. The van der Waals surface area contributed by atoms with Gasteiger partial charge in [0, 0.05) is 0 Å². The Bertz CT molecular complexity index is 144. The van der Waals surface area contributed by atoms with E-state index < -0.39 is 0 Å². The van der Waals surface area contributed by atoms with Gasteiger partial charge in [-0.15, -0.1) is 0 Å². The molecule has 0 amide bonds. The summed E-state index contributed by atoms with van der Waals surface area (Å²) in [4.78, 5) is 0. The van der Waals surface area contributed by atoms with E-state index in [2.05, 4.69) is 20.8 Å². The van der Waals surface area contributed by atoms with Gasteiger partial charge < -0.3 is 0 Å². The first-order chi connectivity index (χ1) is 4.64. The zero-order chi connectivity index (χ0) is 7.35. The van der Waals surface area contributed by atoms with Gasteiger partial charge >= 0.3 is 0 Å². The van der Waals surface area contributed by atoms with Gasteiger partial charge in [0.1, 0.15) is 0 Å². The summed E-state index contributed by atoms with van der Waals surface area (Å²) < 4.78 is 0. The fourth-order valence-corrected chi connectivity index (χ4v) is 3.10. The highest BCUT2D eigenvalue weighted by molar-refractivity contribution is 5.02. The molecule has 0 aromatic carbocycles. The van der Waals surface area contributed by atoms with Gasteiger partial charge in [-0.05, 0) is 42.4 Å². The Labute approximate surface area is 64.0 Å². The number of fused-ring (bicyclic) bond motifs is 2. The molecule has 3 aliphatic rings. The van der Waals surface area contributed by atoms with Gasteiger partial charge in [0.05, 0.1) is 0 Å². The van der Waals surface area contributed by atoms with Gasteiger partial charge in [0.15, 0.2) is 0 Å². The van der Waals surface area contributed by atoms with Crippen LogP contribution in [0, 0.1) is 23.2 Å². The molecule has 3 rings (SSSR count). The van der Waals surface area contributed by atoms with E-state index in [1.807, 2.05) is 0 Å². The van der Waals surface area contributed by atoms with E-state index in [-0.39, 0.29) is 0 Å². The lowest BCUT2D eigenvalue weighted by Gasteiger charge is -2.60. The van der Waals surface area contributed by atoms with Crippen LogP contribution in [0.2, 0.25) is 0 Å². The maximum Gasteiger partial charge on any atom is -0.0269 e. The molecule has 0 heterocycles. The standard InChI is InChI=1S/C10H18/c1-7-4-5-9-6-10(7,3)8(9)2/h7-9H,4-6H2,1-3H3. The quantitative estimate of drug-likeness (QED) is 0.482. The Hall–Kier alpha value is 0. The molecule has 3 saturated carbocycles. The van der Waals surface area contributed by atoms with Crippen molar-refractivity contribution in [3.63, 3.8) is 0 Å². The van der Waals surface area contributed by atoms with Crippen LogP contribution < -0.4 is 0 Å². The van der Waals surface area contributed by atoms with Crippen LogP contribution in [0.5, 0.6) is 0 Å². The third kappa shape index (κ3) is 0.580. The third-order valence-corrected chi connectivity index (χ3v) is 4.55. The smallest absolute Gasteiger partial charge is 0.0269 e. The van der Waals surface area contributed by atoms with Gasteiger partial charge in [-0.25, -0.2) is 0 Å². The first-order valence-corrected chi connectivity index (χ1v) is 4.64. The summed E-state index contributed by atoms with van der Waals surface area (Å²) in [5.74, 6) is 3.12. The number of hydrogen-bond donors (Lipinski definition) is 0. The highest BCUT2D eigenvalue weighted by atomic mass is 14.6. The molecule has 3 aliphatic carbocycles. The molecule has 2 bridgehead atoms. The molecular weight excluding hydrogens is 120 g/mol. The van der Waals surface area contributed by atoms with Crippen molar-refractivity contribution in [3.05, 3.63) is 0 Å². The SMILES string of the molecule is CC1CCC2CC1(C)C2C. The molecule has 0 saturated heterocycles. The molecule has 0 spiro atoms. The van der Waals surface area contributed by atoms with Crippen LogP contribution in [0.15, 0.2) is 0 Å². The van der Waals surface area contributed by atoms with E-state index in [9.17, 15) is 0 Å². The van der Waals surface area contributed by atoms with Crippen LogP contribution in [0.3, 0.4) is 0 Å². The number of hydrogen-bond acceptors (Lipinski definition) is 0. The summed E-state index contributed by atoms with van der Waals surface area (Å²) in [5.41, 5.74) is 0.739. The maximum absolute atomic E-state index is 2.48. The van der Waals surface area contributed by atoms with Crippen molar-refractivity contribution < 1.29 is 0 Å². The van der Waals surface area contributed by atoms with Crippen molar-refractivity contribution >= 4 is 0 Å². The normalized spacial score (nSPS) is 59.7. The summed E-state index contributed by atoms with van der Waals surface area (Å²) in [6, 6.07) is 0. The van der Waals surface area contributed by atoms with Crippen molar-refractivity contribution in [1.82, 2.24) is 0 Å². The van der Waals surface area contributed by atoms with Gasteiger partial charge in [-0.1, -0.05) is 20.8 Å². The molecule has 3 fully saturated rings. The minimum Gasteiger partial charge on any atom is -0.0620 e. The predicted molar refractivity (Wildman–Crippen MR) is 43.8 cm³/mol. The van der Waals surface area contributed by atoms with Gasteiger partial charge in [-0.3, -0.25) is 0 Å². The van der Waals surface area contributed by atoms with Gasteiger partial charge in [-0.2, -0.15) is 0 Å². The van der Waals surface area contributed by atoms with Crippen molar-refractivity contribution in [3.8, 4) is 0 Å². The molecule has 0 aromatic rings. The second-order valence-electron chi connectivity index (χ2n) is 4.74. The topological polar surface area (TPSA) is 0 Å². The molecule has 4 atom stereocenters. The molecule has 0 heteroatoms. The van der Waals surface area contributed by atoms with Crippen molar-refractivity contribution in [2.75, 3.05) is 0 Å². The largest absolute Gasteiger partial charge is 0.0620 e. The third-order valence-electron chi connectivity index (χ3n) is 4.55. The lowest BCUT2D eigenvalue weighted by molar-refractivity contribution is -0.107. The van der Waals surface area contributed by atoms with Crippen LogP contribution in [0.1, 0.15) is 40.0 Å². The monoisotopic (exact) mass is 138 g/mol. The molecule has 0 aliphatic heterocycles. The average Bonchev–Trinajstić information content (AvgIpc) is 1.93. The van der Waals surface area contributed by atoms with Crippen molar-refractivity contribution in [2.24, 2.45) is 23.2 Å². The summed E-state index contributed by atoms with van der Waals surface area (Å²) in [6.07, 6.45) is 4.53. The first kappa shape index (κ1) is 6.69. The van der Waals surface area contributed by atoms with Crippen LogP contribution in [-0.2, 0) is 0 Å². The molecule has 0 radical (unpaired) electrons. The van der Waals surface area contributed by atoms with Crippen LogP contribution >= 0.6 is 0 Å². The molecule has 4 unspecified atom stereocenters. The minimum absolute atomic E-state index is 0.739. The summed E-state index contributed by atoms with van der Waals surface area (Å²) in [6.45, 7) is 7.37. The van der Waals surface area contributed by atoms with Crippen molar-refractivity contribution in [1.29, 1.82) is 0 Å². The maximum atomic E-state index is 2.48. The summed E-state index contributed by atoms with van der Waals surface area (Å²) in [7, 11) is 0. The van der Waals surface area contributed by atoms with Crippen LogP contribution in [0.4, 0.5) is 0 Å². The zero-order valence-corrected chi connectivity index (χ0v) is 7.35. The fraction of sp³-hybridized carbons (Fsp3) is 1.00. The Morgan fingerprint density at radius 1 is 1.20 bits per heavy atom. The van der Waals surface area contributed by atoms with Crippen LogP contribution in [-0.4, -0.2) is 0 Å². The van der Waals surface area contributed by atoms with Crippen molar-refractivity contribution in [2.45, 2.75) is 40.0 Å². The van der Waals surface area contributed by atoms with Crippen LogP contribution in [0.25, 0.3) is 0 Å². The Morgan fingerprint density at radius 3 is 2.30 bits per heavy atom. The van der Waals surface area contributed by atoms with Gasteiger partial charge in [0.2, 0.25) is 0 Å². The molecular formula is C10H18.